The molecule has 1 aliphatic heterocycles. The van der Waals surface area contributed by atoms with Crippen LogP contribution in [-0.2, 0) is 6.61 Å². The third-order valence-electron chi connectivity index (χ3n) is 4.60. The lowest BCUT2D eigenvalue weighted by Gasteiger charge is -2.09. The summed E-state index contributed by atoms with van der Waals surface area (Å²) in [6.07, 6.45) is 5.47. The summed E-state index contributed by atoms with van der Waals surface area (Å²) < 4.78 is 12.8. The molecule has 0 radical (unpaired) electrons. The lowest BCUT2D eigenvalue weighted by Crippen LogP contribution is -1.99. The molecular formula is C25H19BrO3. The van der Waals surface area contributed by atoms with E-state index in [2.05, 4.69) is 15.9 Å². The van der Waals surface area contributed by atoms with Crippen molar-refractivity contribution in [2.45, 2.75) is 13.5 Å². The smallest absolute Gasteiger partial charge is 0.232 e. The third kappa shape index (κ3) is 4.49. The topological polar surface area (TPSA) is 35.5 Å². The van der Waals surface area contributed by atoms with Crippen LogP contribution in [0.25, 0.3) is 6.08 Å². The average Bonchev–Trinajstić information content (AvgIpc) is 3.04. The molecule has 0 amide bonds. The number of halogens is 1. The summed E-state index contributed by atoms with van der Waals surface area (Å²) in [7, 11) is 0. The Morgan fingerprint density at radius 2 is 1.79 bits per heavy atom. The Labute approximate surface area is 178 Å². The van der Waals surface area contributed by atoms with E-state index in [0.29, 0.717) is 29.4 Å². The van der Waals surface area contributed by atoms with Crippen molar-refractivity contribution in [2.24, 2.45) is 0 Å². The van der Waals surface area contributed by atoms with Crippen LogP contribution in [0.1, 0.15) is 27.0 Å². The molecule has 0 atom stereocenters. The van der Waals surface area contributed by atoms with Crippen LogP contribution in [0.3, 0.4) is 0 Å². The number of hydrogen-bond donors (Lipinski definition) is 0. The van der Waals surface area contributed by atoms with Crippen LogP contribution in [0, 0.1) is 6.92 Å². The third-order valence-corrected chi connectivity index (χ3v) is 5.13. The van der Waals surface area contributed by atoms with E-state index in [1.807, 2.05) is 79.7 Å². The van der Waals surface area contributed by atoms with E-state index in [1.165, 1.54) is 0 Å². The number of rotatable bonds is 5. The minimum absolute atomic E-state index is 0.102. The van der Waals surface area contributed by atoms with E-state index < -0.39 is 0 Å². The molecule has 3 aromatic carbocycles. The van der Waals surface area contributed by atoms with Crippen LogP contribution >= 0.6 is 15.9 Å². The molecule has 1 aliphatic rings. The molecule has 144 valence electrons. The highest BCUT2D eigenvalue weighted by atomic mass is 79.9. The fraction of sp³-hybridized carbons (Fsp3) is 0.0800. The van der Waals surface area contributed by atoms with Crippen LogP contribution < -0.4 is 9.47 Å². The Balaban J connectivity index is 1.49. The quantitative estimate of drug-likeness (QED) is 0.419. The number of hydrogen-bond acceptors (Lipinski definition) is 3. The molecule has 0 bridgehead atoms. The number of aryl methyl sites for hydroxylation is 1. The van der Waals surface area contributed by atoms with Crippen molar-refractivity contribution in [1.82, 2.24) is 0 Å². The van der Waals surface area contributed by atoms with Gasteiger partial charge in [-0.15, -0.1) is 0 Å². The van der Waals surface area contributed by atoms with Crippen molar-refractivity contribution in [3.63, 3.8) is 0 Å². The number of allylic oxidation sites excluding steroid dienone is 3. The molecule has 29 heavy (non-hydrogen) atoms. The minimum Gasteiger partial charge on any atom is -0.489 e. The molecule has 0 fully saturated rings. The van der Waals surface area contributed by atoms with Gasteiger partial charge in [-0.3, -0.25) is 4.79 Å². The van der Waals surface area contributed by atoms with Crippen LogP contribution in [0.15, 0.2) is 89.1 Å². The maximum Gasteiger partial charge on any atom is 0.232 e. The molecule has 0 saturated heterocycles. The average molecular weight is 447 g/mol. The Hall–Kier alpha value is -3.11. The fourth-order valence-electron chi connectivity index (χ4n) is 3.13. The molecule has 0 saturated carbocycles. The highest BCUT2D eigenvalue weighted by Gasteiger charge is 2.29. The molecule has 0 spiro atoms. The number of ketones is 1. The van der Waals surface area contributed by atoms with Crippen LogP contribution in [0.2, 0.25) is 0 Å². The molecule has 0 aromatic heterocycles. The van der Waals surface area contributed by atoms with E-state index in [1.54, 1.807) is 12.1 Å². The highest BCUT2D eigenvalue weighted by Crippen LogP contribution is 2.37. The Morgan fingerprint density at radius 3 is 2.55 bits per heavy atom. The summed E-state index contributed by atoms with van der Waals surface area (Å²) in [6.45, 7) is 2.34. The fourth-order valence-corrected chi connectivity index (χ4v) is 3.40. The second kappa shape index (κ2) is 8.50. The van der Waals surface area contributed by atoms with Crippen LogP contribution in [0.4, 0.5) is 0 Å². The highest BCUT2D eigenvalue weighted by molar-refractivity contribution is 9.10. The van der Waals surface area contributed by atoms with Crippen molar-refractivity contribution in [3.8, 4) is 11.5 Å². The first-order valence-corrected chi connectivity index (χ1v) is 10.1. The van der Waals surface area contributed by atoms with Gasteiger partial charge in [-0.2, -0.15) is 0 Å². The maximum atomic E-state index is 12.7. The largest absolute Gasteiger partial charge is 0.489 e. The molecule has 3 aromatic rings. The Kier molecular flexibility index (Phi) is 5.63. The zero-order chi connectivity index (χ0) is 20.2. The maximum absolute atomic E-state index is 12.7. The van der Waals surface area contributed by atoms with Crippen LogP contribution in [-0.4, -0.2) is 5.78 Å². The predicted octanol–water partition coefficient (Wildman–Crippen LogP) is 6.51. The lowest BCUT2D eigenvalue weighted by atomic mass is 10.0. The zero-order valence-electron chi connectivity index (χ0n) is 15.9. The number of carbonyl (C=O) groups excluding carboxylic acids is 1. The number of benzene rings is 3. The summed E-state index contributed by atoms with van der Waals surface area (Å²) in [5, 5.41) is 0. The molecule has 4 rings (SSSR count). The molecule has 0 N–H and O–H groups in total. The first-order valence-electron chi connectivity index (χ1n) is 9.28. The van der Waals surface area contributed by atoms with E-state index in [-0.39, 0.29) is 5.78 Å². The second-order valence-corrected chi connectivity index (χ2v) is 7.68. The summed E-state index contributed by atoms with van der Waals surface area (Å²) in [5.74, 6) is 1.44. The molecule has 4 heteroatoms. The summed E-state index contributed by atoms with van der Waals surface area (Å²) in [4.78, 5) is 12.7. The second-order valence-electron chi connectivity index (χ2n) is 6.76. The first-order chi connectivity index (χ1) is 14.1. The van der Waals surface area contributed by atoms with Gasteiger partial charge in [0.1, 0.15) is 18.1 Å². The van der Waals surface area contributed by atoms with Crippen molar-refractivity contribution in [1.29, 1.82) is 0 Å². The number of fused-ring (bicyclic) bond motifs is 1. The monoisotopic (exact) mass is 446 g/mol. The summed E-state index contributed by atoms with van der Waals surface area (Å²) in [6, 6.07) is 21.5. The van der Waals surface area contributed by atoms with Crippen molar-refractivity contribution in [3.05, 3.63) is 111 Å². The summed E-state index contributed by atoms with van der Waals surface area (Å²) in [5.41, 5.74) is 3.57. The Bertz CT molecular complexity index is 1100. The Morgan fingerprint density at radius 1 is 1.03 bits per heavy atom. The van der Waals surface area contributed by atoms with Gasteiger partial charge in [0.05, 0.1) is 5.56 Å². The van der Waals surface area contributed by atoms with Crippen molar-refractivity contribution in [2.75, 3.05) is 0 Å². The molecular weight excluding hydrogens is 428 g/mol. The first kappa shape index (κ1) is 19.2. The van der Waals surface area contributed by atoms with E-state index in [9.17, 15) is 4.79 Å². The van der Waals surface area contributed by atoms with Gasteiger partial charge in [0, 0.05) is 10.5 Å². The van der Waals surface area contributed by atoms with Gasteiger partial charge in [0.2, 0.25) is 5.78 Å². The molecule has 0 unspecified atom stereocenters. The molecule has 3 nitrogen and oxygen atoms in total. The zero-order valence-corrected chi connectivity index (χ0v) is 17.5. The van der Waals surface area contributed by atoms with Gasteiger partial charge in [-0.25, -0.2) is 0 Å². The normalized spacial score (nSPS) is 14.3. The summed E-state index contributed by atoms with van der Waals surface area (Å²) >= 11 is 3.43. The van der Waals surface area contributed by atoms with Gasteiger partial charge in [-0.1, -0.05) is 70.5 Å². The SMILES string of the molecule is Cc1cc(OCc2ccc(Br)cc2)cc2c1C(=O)/C(=C/C=C/c1ccccc1)O2. The van der Waals surface area contributed by atoms with Crippen LogP contribution in [0.5, 0.6) is 11.5 Å². The predicted molar refractivity (Wildman–Crippen MR) is 118 cm³/mol. The van der Waals surface area contributed by atoms with E-state index in [0.717, 1.165) is 21.2 Å². The minimum atomic E-state index is -0.102. The standard InChI is InChI=1S/C25H19BrO3/c1-17-14-21(28-16-19-10-12-20(26)13-11-19)15-23-24(17)25(27)22(29-23)9-5-8-18-6-3-2-4-7-18/h2-15H,16H2,1H3/b8-5+,22-9-. The molecule has 1 heterocycles. The molecule has 0 aliphatic carbocycles. The van der Waals surface area contributed by atoms with Crippen molar-refractivity contribution < 1.29 is 14.3 Å². The number of carbonyl (C=O) groups is 1. The van der Waals surface area contributed by atoms with Gasteiger partial charge >= 0.3 is 0 Å². The van der Waals surface area contributed by atoms with Gasteiger partial charge in [-0.05, 0) is 47.9 Å². The lowest BCUT2D eigenvalue weighted by molar-refractivity contribution is 0.101. The van der Waals surface area contributed by atoms with Crippen molar-refractivity contribution >= 4 is 27.8 Å². The number of Topliss-reactive ketones (excluding diaryl/α,β-unsaturated/α-hetero) is 1. The van der Waals surface area contributed by atoms with Gasteiger partial charge in [0.25, 0.3) is 0 Å². The number of ether oxygens (including phenoxy) is 2. The van der Waals surface area contributed by atoms with E-state index >= 15 is 0 Å². The van der Waals surface area contributed by atoms with Gasteiger partial charge in [0.15, 0.2) is 5.76 Å². The van der Waals surface area contributed by atoms with Gasteiger partial charge < -0.3 is 9.47 Å². The van der Waals surface area contributed by atoms with E-state index in [4.69, 9.17) is 9.47 Å².